The largest absolute Gasteiger partial charge is 0.373 e. The Hall–Kier alpha value is -3.23. The SMILES string of the molecule is C[C@@H]1CN(Cc2ccccc2NC(=O)NCc2ccc(-n3cccn3)nc2)C[C@@H](C)O1. The van der Waals surface area contributed by atoms with E-state index in [0.717, 1.165) is 42.3 Å². The average molecular weight is 421 g/mol. The highest BCUT2D eigenvalue weighted by atomic mass is 16.5. The lowest BCUT2D eigenvalue weighted by molar-refractivity contribution is -0.0704. The van der Waals surface area contributed by atoms with Crippen molar-refractivity contribution in [3.05, 3.63) is 72.2 Å². The molecule has 2 N–H and O–H groups in total. The van der Waals surface area contributed by atoms with Gasteiger partial charge < -0.3 is 15.4 Å². The molecule has 0 spiro atoms. The van der Waals surface area contributed by atoms with Crippen LogP contribution in [0.2, 0.25) is 0 Å². The lowest BCUT2D eigenvalue weighted by Gasteiger charge is -2.35. The van der Waals surface area contributed by atoms with E-state index in [1.807, 2.05) is 42.6 Å². The van der Waals surface area contributed by atoms with Gasteiger partial charge in [0, 0.05) is 50.5 Å². The Morgan fingerprint density at radius 3 is 2.65 bits per heavy atom. The topological polar surface area (TPSA) is 84.3 Å². The highest BCUT2D eigenvalue weighted by Gasteiger charge is 2.22. The summed E-state index contributed by atoms with van der Waals surface area (Å²) >= 11 is 0. The number of morpholine rings is 1. The van der Waals surface area contributed by atoms with Gasteiger partial charge in [-0.1, -0.05) is 24.3 Å². The number of benzene rings is 1. The van der Waals surface area contributed by atoms with Crippen LogP contribution in [-0.2, 0) is 17.8 Å². The van der Waals surface area contributed by atoms with Crippen LogP contribution < -0.4 is 10.6 Å². The van der Waals surface area contributed by atoms with Gasteiger partial charge in [-0.15, -0.1) is 0 Å². The number of aromatic nitrogens is 3. The van der Waals surface area contributed by atoms with E-state index >= 15 is 0 Å². The van der Waals surface area contributed by atoms with Gasteiger partial charge >= 0.3 is 6.03 Å². The number of pyridine rings is 1. The second-order valence-corrected chi connectivity index (χ2v) is 7.89. The summed E-state index contributed by atoms with van der Waals surface area (Å²) in [6.45, 7) is 7.11. The fourth-order valence-electron chi connectivity index (χ4n) is 3.84. The molecule has 8 nitrogen and oxygen atoms in total. The Morgan fingerprint density at radius 2 is 1.94 bits per heavy atom. The summed E-state index contributed by atoms with van der Waals surface area (Å²) in [7, 11) is 0. The molecule has 0 radical (unpaired) electrons. The molecule has 1 aromatic carbocycles. The number of nitrogens with one attached hydrogen (secondary N) is 2. The maximum absolute atomic E-state index is 12.5. The summed E-state index contributed by atoms with van der Waals surface area (Å²) in [5, 5.41) is 10.0. The smallest absolute Gasteiger partial charge is 0.319 e. The van der Waals surface area contributed by atoms with E-state index in [4.69, 9.17) is 4.74 Å². The first-order valence-electron chi connectivity index (χ1n) is 10.5. The lowest BCUT2D eigenvalue weighted by Crippen LogP contribution is -2.44. The molecule has 31 heavy (non-hydrogen) atoms. The molecule has 2 aromatic heterocycles. The molecule has 1 aliphatic rings. The monoisotopic (exact) mass is 420 g/mol. The average Bonchev–Trinajstić information content (AvgIpc) is 3.28. The number of carbonyl (C=O) groups excluding carboxylic acids is 1. The van der Waals surface area contributed by atoms with Crippen molar-refractivity contribution < 1.29 is 9.53 Å². The van der Waals surface area contributed by atoms with Crippen LogP contribution in [0.15, 0.2) is 61.1 Å². The standard InChI is InChI=1S/C23H28N6O2/c1-17-14-28(15-18(2)31-17)16-20-6-3-4-7-21(20)27-23(30)25-13-19-8-9-22(24-12-19)29-11-5-10-26-29/h3-12,17-18H,13-16H2,1-2H3,(H2,25,27,30)/t17-,18-/m1/s1. The van der Waals surface area contributed by atoms with Crippen LogP contribution in [0.25, 0.3) is 5.82 Å². The van der Waals surface area contributed by atoms with Crippen LogP contribution in [0.4, 0.5) is 10.5 Å². The number of carbonyl (C=O) groups is 1. The van der Waals surface area contributed by atoms with Gasteiger partial charge in [0.25, 0.3) is 0 Å². The molecule has 0 unspecified atom stereocenters. The Kier molecular flexibility index (Phi) is 6.59. The van der Waals surface area contributed by atoms with Crippen LogP contribution >= 0.6 is 0 Å². The van der Waals surface area contributed by atoms with Gasteiger partial charge in [-0.3, -0.25) is 4.90 Å². The van der Waals surface area contributed by atoms with Crippen molar-refractivity contribution in [2.45, 2.75) is 39.1 Å². The molecule has 0 saturated carbocycles. The van der Waals surface area contributed by atoms with E-state index in [2.05, 4.69) is 45.5 Å². The molecule has 4 rings (SSSR count). The lowest BCUT2D eigenvalue weighted by atomic mass is 10.1. The van der Waals surface area contributed by atoms with Crippen molar-refractivity contribution in [2.75, 3.05) is 18.4 Å². The fourth-order valence-corrected chi connectivity index (χ4v) is 3.84. The number of hydrogen-bond donors (Lipinski definition) is 2. The van der Waals surface area contributed by atoms with Gasteiger partial charge in [0.05, 0.1) is 12.2 Å². The number of rotatable bonds is 6. The van der Waals surface area contributed by atoms with Gasteiger partial charge in [-0.25, -0.2) is 14.5 Å². The maximum Gasteiger partial charge on any atom is 0.319 e. The van der Waals surface area contributed by atoms with Crippen molar-refractivity contribution in [2.24, 2.45) is 0 Å². The third-order valence-corrected chi connectivity index (χ3v) is 5.16. The van der Waals surface area contributed by atoms with Gasteiger partial charge in [0.15, 0.2) is 5.82 Å². The molecule has 8 heteroatoms. The third-order valence-electron chi connectivity index (χ3n) is 5.16. The highest BCUT2D eigenvalue weighted by Crippen LogP contribution is 2.20. The first kappa shape index (κ1) is 21.0. The number of ether oxygens (including phenoxy) is 1. The fraction of sp³-hybridized carbons (Fsp3) is 0.348. The number of amides is 2. The van der Waals surface area contributed by atoms with Crippen molar-refractivity contribution >= 4 is 11.7 Å². The molecule has 162 valence electrons. The number of hydrogen-bond acceptors (Lipinski definition) is 5. The molecule has 1 fully saturated rings. The van der Waals surface area contributed by atoms with Crippen LogP contribution in [0.5, 0.6) is 0 Å². The number of anilines is 1. The Morgan fingerprint density at radius 1 is 1.13 bits per heavy atom. The maximum atomic E-state index is 12.5. The second kappa shape index (κ2) is 9.72. The van der Waals surface area contributed by atoms with E-state index in [1.165, 1.54) is 0 Å². The van der Waals surface area contributed by atoms with E-state index in [9.17, 15) is 4.79 Å². The van der Waals surface area contributed by atoms with Crippen molar-refractivity contribution in [1.29, 1.82) is 0 Å². The molecule has 1 aliphatic heterocycles. The first-order chi connectivity index (χ1) is 15.1. The van der Waals surface area contributed by atoms with Gasteiger partial charge in [-0.2, -0.15) is 5.10 Å². The quantitative estimate of drug-likeness (QED) is 0.640. The van der Waals surface area contributed by atoms with E-state index < -0.39 is 0 Å². The summed E-state index contributed by atoms with van der Waals surface area (Å²) in [6, 6.07) is 13.3. The molecule has 3 aromatic rings. The number of urea groups is 1. The zero-order chi connectivity index (χ0) is 21.6. The Labute approximate surface area is 182 Å². The zero-order valence-corrected chi connectivity index (χ0v) is 17.9. The molecular formula is C23H28N6O2. The van der Waals surface area contributed by atoms with Gasteiger partial charge in [0.1, 0.15) is 0 Å². The highest BCUT2D eigenvalue weighted by molar-refractivity contribution is 5.90. The predicted octanol–water partition coefficient (Wildman–Crippen LogP) is 3.20. The minimum Gasteiger partial charge on any atom is -0.373 e. The molecule has 2 atom stereocenters. The van der Waals surface area contributed by atoms with Crippen LogP contribution in [0, 0.1) is 0 Å². The van der Waals surface area contributed by atoms with Gasteiger partial charge in [0.2, 0.25) is 0 Å². The van der Waals surface area contributed by atoms with E-state index in [1.54, 1.807) is 17.1 Å². The first-order valence-corrected chi connectivity index (χ1v) is 10.5. The number of nitrogens with zero attached hydrogens (tertiary/aromatic N) is 4. The van der Waals surface area contributed by atoms with E-state index in [0.29, 0.717) is 6.54 Å². The summed E-state index contributed by atoms with van der Waals surface area (Å²) < 4.78 is 7.51. The molecule has 0 bridgehead atoms. The minimum atomic E-state index is -0.243. The Balaban J connectivity index is 1.32. The van der Waals surface area contributed by atoms with Crippen LogP contribution in [0.3, 0.4) is 0 Å². The van der Waals surface area contributed by atoms with Crippen molar-refractivity contribution in [3.8, 4) is 5.82 Å². The predicted molar refractivity (Wildman–Crippen MR) is 119 cm³/mol. The molecular weight excluding hydrogens is 392 g/mol. The van der Waals surface area contributed by atoms with E-state index in [-0.39, 0.29) is 18.2 Å². The van der Waals surface area contributed by atoms with Crippen LogP contribution in [-0.4, -0.2) is 51.0 Å². The summed E-state index contributed by atoms with van der Waals surface area (Å²) in [5.74, 6) is 0.735. The minimum absolute atomic E-state index is 0.209. The Bertz CT molecular complexity index is 980. The molecule has 3 heterocycles. The molecule has 2 amide bonds. The number of para-hydroxylation sites is 1. The summed E-state index contributed by atoms with van der Waals surface area (Å²) in [6.07, 6.45) is 5.70. The van der Waals surface area contributed by atoms with Crippen LogP contribution in [0.1, 0.15) is 25.0 Å². The van der Waals surface area contributed by atoms with Gasteiger partial charge in [-0.05, 0) is 43.2 Å². The second-order valence-electron chi connectivity index (χ2n) is 7.89. The zero-order valence-electron chi connectivity index (χ0n) is 17.9. The summed E-state index contributed by atoms with van der Waals surface area (Å²) in [5.41, 5.74) is 2.82. The normalized spacial score (nSPS) is 19.2. The molecule has 0 aliphatic carbocycles. The van der Waals surface area contributed by atoms with Crippen molar-refractivity contribution in [1.82, 2.24) is 25.0 Å². The third kappa shape index (κ3) is 5.68. The molecule has 1 saturated heterocycles. The summed E-state index contributed by atoms with van der Waals surface area (Å²) in [4.78, 5) is 19.3. The van der Waals surface area contributed by atoms with Crippen molar-refractivity contribution in [3.63, 3.8) is 0 Å².